The number of aromatic hydroxyl groups is 1. The number of carbonyl (C=O) groups excluding carboxylic acids is 1. The lowest BCUT2D eigenvalue weighted by molar-refractivity contribution is 0.0682. The average molecular weight is 263 g/mol. The third-order valence-corrected chi connectivity index (χ3v) is 3.52. The Balaban J connectivity index is 3.00. The van der Waals surface area contributed by atoms with Crippen molar-refractivity contribution in [2.24, 2.45) is 0 Å². The molecule has 1 N–H and O–H groups in total. The van der Waals surface area contributed by atoms with E-state index >= 15 is 0 Å². The number of rotatable bonds is 6. The molecule has 1 unspecified atom stereocenters. The number of hydrogen-bond donors (Lipinski definition) is 1. The summed E-state index contributed by atoms with van der Waals surface area (Å²) in [4.78, 5) is 14.5. The van der Waals surface area contributed by atoms with E-state index in [2.05, 4.69) is 20.8 Å². The van der Waals surface area contributed by atoms with Crippen molar-refractivity contribution in [2.45, 2.75) is 53.0 Å². The number of benzene rings is 1. The van der Waals surface area contributed by atoms with E-state index in [-0.39, 0.29) is 17.7 Å². The Morgan fingerprint density at radius 2 is 2.05 bits per heavy atom. The van der Waals surface area contributed by atoms with Gasteiger partial charge in [0, 0.05) is 12.6 Å². The molecule has 0 radical (unpaired) electrons. The van der Waals surface area contributed by atoms with Crippen LogP contribution in [-0.4, -0.2) is 28.5 Å². The zero-order valence-electron chi connectivity index (χ0n) is 12.4. The minimum Gasteiger partial charge on any atom is -0.507 e. The van der Waals surface area contributed by atoms with Crippen molar-refractivity contribution in [1.29, 1.82) is 0 Å². The van der Waals surface area contributed by atoms with E-state index < -0.39 is 0 Å². The van der Waals surface area contributed by atoms with Gasteiger partial charge in [-0.15, -0.1) is 0 Å². The largest absolute Gasteiger partial charge is 0.507 e. The molecule has 0 aromatic heterocycles. The second kappa shape index (κ2) is 7.17. The van der Waals surface area contributed by atoms with Gasteiger partial charge in [0.1, 0.15) is 5.75 Å². The number of phenols is 1. The molecular weight excluding hydrogens is 238 g/mol. The van der Waals surface area contributed by atoms with Crippen LogP contribution in [-0.2, 0) is 0 Å². The Kier molecular flexibility index (Phi) is 5.87. The molecule has 0 saturated carbocycles. The molecule has 1 amide bonds. The average Bonchev–Trinajstić information content (AvgIpc) is 2.41. The summed E-state index contributed by atoms with van der Waals surface area (Å²) < 4.78 is 0. The van der Waals surface area contributed by atoms with Crippen molar-refractivity contribution >= 4 is 5.91 Å². The standard InChI is InChI=1S/C16H25NO2/c1-5-7-10-17(13(4)6-2)16(19)14-11-12(3)8-9-15(14)18/h8-9,11,13,18H,5-7,10H2,1-4H3. The van der Waals surface area contributed by atoms with Crippen LogP contribution in [0.15, 0.2) is 18.2 Å². The highest BCUT2D eigenvalue weighted by Gasteiger charge is 2.22. The van der Waals surface area contributed by atoms with Gasteiger partial charge in [-0.05, 0) is 38.8 Å². The van der Waals surface area contributed by atoms with Gasteiger partial charge in [-0.1, -0.05) is 31.9 Å². The van der Waals surface area contributed by atoms with Gasteiger partial charge in [-0.25, -0.2) is 0 Å². The van der Waals surface area contributed by atoms with Gasteiger partial charge < -0.3 is 10.0 Å². The molecule has 0 aliphatic rings. The van der Waals surface area contributed by atoms with Crippen molar-refractivity contribution in [2.75, 3.05) is 6.54 Å². The van der Waals surface area contributed by atoms with Crippen LogP contribution in [0.4, 0.5) is 0 Å². The lowest BCUT2D eigenvalue weighted by Gasteiger charge is -2.29. The summed E-state index contributed by atoms with van der Waals surface area (Å²) in [7, 11) is 0. The molecule has 1 atom stereocenters. The maximum absolute atomic E-state index is 12.6. The van der Waals surface area contributed by atoms with Crippen molar-refractivity contribution in [3.05, 3.63) is 29.3 Å². The number of hydrogen-bond acceptors (Lipinski definition) is 2. The van der Waals surface area contributed by atoms with E-state index in [1.807, 2.05) is 17.9 Å². The highest BCUT2D eigenvalue weighted by molar-refractivity contribution is 5.97. The maximum atomic E-state index is 12.6. The monoisotopic (exact) mass is 263 g/mol. The van der Waals surface area contributed by atoms with Crippen LogP contribution in [0.5, 0.6) is 5.75 Å². The van der Waals surface area contributed by atoms with Crippen LogP contribution in [0.25, 0.3) is 0 Å². The Hall–Kier alpha value is -1.51. The molecule has 0 bridgehead atoms. The highest BCUT2D eigenvalue weighted by atomic mass is 16.3. The third kappa shape index (κ3) is 3.98. The van der Waals surface area contributed by atoms with Crippen molar-refractivity contribution in [3.8, 4) is 5.75 Å². The topological polar surface area (TPSA) is 40.5 Å². The minimum absolute atomic E-state index is 0.0657. The molecule has 1 aromatic carbocycles. The fraction of sp³-hybridized carbons (Fsp3) is 0.562. The fourth-order valence-corrected chi connectivity index (χ4v) is 2.05. The molecule has 0 aliphatic heterocycles. The van der Waals surface area contributed by atoms with E-state index in [9.17, 15) is 9.90 Å². The number of amides is 1. The van der Waals surface area contributed by atoms with Gasteiger partial charge in [-0.2, -0.15) is 0 Å². The van der Waals surface area contributed by atoms with Gasteiger partial charge >= 0.3 is 0 Å². The lowest BCUT2D eigenvalue weighted by Crippen LogP contribution is -2.39. The molecule has 0 spiro atoms. The first-order chi connectivity index (χ1) is 9.01. The van der Waals surface area contributed by atoms with Gasteiger partial charge in [0.05, 0.1) is 5.56 Å². The van der Waals surface area contributed by atoms with Gasteiger partial charge in [0.25, 0.3) is 5.91 Å². The van der Waals surface area contributed by atoms with Crippen LogP contribution in [0.2, 0.25) is 0 Å². The van der Waals surface area contributed by atoms with Crippen molar-refractivity contribution in [3.63, 3.8) is 0 Å². The number of phenolic OH excluding ortho intramolecular Hbond substituents is 1. The molecule has 3 heteroatoms. The Morgan fingerprint density at radius 1 is 1.37 bits per heavy atom. The van der Waals surface area contributed by atoms with Crippen molar-refractivity contribution in [1.82, 2.24) is 4.90 Å². The summed E-state index contributed by atoms with van der Waals surface area (Å²) in [5.74, 6) is 0.00408. The fourth-order valence-electron chi connectivity index (χ4n) is 2.05. The molecule has 106 valence electrons. The highest BCUT2D eigenvalue weighted by Crippen LogP contribution is 2.22. The predicted octanol–water partition coefficient (Wildman–Crippen LogP) is 3.74. The van der Waals surface area contributed by atoms with Gasteiger partial charge in [-0.3, -0.25) is 4.79 Å². The Morgan fingerprint density at radius 3 is 2.63 bits per heavy atom. The van der Waals surface area contributed by atoms with Crippen LogP contribution in [0, 0.1) is 6.92 Å². The zero-order chi connectivity index (χ0) is 14.4. The van der Waals surface area contributed by atoms with E-state index in [0.29, 0.717) is 5.56 Å². The Labute approximate surface area is 116 Å². The molecule has 0 heterocycles. The third-order valence-electron chi connectivity index (χ3n) is 3.52. The van der Waals surface area contributed by atoms with Crippen LogP contribution < -0.4 is 0 Å². The number of carbonyl (C=O) groups is 1. The van der Waals surface area contributed by atoms with E-state index in [1.165, 1.54) is 0 Å². The zero-order valence-corrected chi connectivity index (χ0v) is 12.4. The van der Waals surface area contributed by atoms with Crippen LogP contribution in [0.1, 0.15) is 56.0 Å². The molecule has 0 saturated heterocycles. The molecule has 1 aromatic rings. The molecular formula is C16H25NO2. The molecule has 19 heavy (non-hydrogen) atoms. The first-order valence-corrected chi connectivity index (χ1v) is 7.11. The lowest BCUT2D eigenvalue weighted by atomic mass is 10.1. The molecule has 0 fully saturated rings. The summed E-state index contributed by atoms with van der Waals surface area (Å²) in [5, 5.41) is 9.89. The van der Waals surface area contributed by atoms with Gasteiger partial charge in [0.2, 0.25) is 0 Å². The van der Waals surface area contributed by atoms with E-state index in [4.69, 9.17) is 0 Å². The molecule has 1 rings (SSSR count). The predicted molar refractivity (Wildman–Crippen MR) is 78.5 cm³/mol. The molecule has 0 aliphatic carbocycles. The number of aryl methyl sites for hydroxylation is 1. The minimum atomic E-state index is -0.0657. The second-order valence-electron chi connectivity index (χ2n) is 5.13. The second-order valence-corrected chi connectivity index (χ2v) is 5.13. The van der Waals surface area contributed by atoms with E-state index in [1.54, 1.807) is 12.1 Å². The molecule has 3 nitrogen and oxygen atoms in total. The van der Waals surface area contributed by atoms with Gasteiger partial charge in [0.15, 0.2) is 0 Å². The summed E-state index contributed by atoms with van der Waals surface area (Å²) in [5.41, 5.74) is 1.40. The van der Waals surface area contributed by atoms with Crippen LogP contribution in [0.3, 0.4) is 0 Å². The van der Waals surface area contributed by atoms with E-state index in [0.717, 1.165) is 31.4 Å². The SMILES string of the molecule is CCCCN(C(=O)c1cc(C)ccc1O)C(C)CC. The number of nitrogens with zero attached hydrogens (tertiary/aromatic N) is 1. The smallest absolute Gasteiger partial charge is 0.257 e. The Bertz CT molecular complexity index is 429. The normalized spacial score (nSPS) is 12.2. The first-order valence-electron chi connectivity index (χ1n) is 7.11. The first kappa shape index (κ1) is 15.5. The van der Waals surface area contributed by atoms with Crippen LogP contribution >= 0.6 is 0 Å². The summed E-state index contributed by atoms with van der Waals surface area (Å²) in [6.07, 6.45) is 2.96. The number of unbranched alkanes of at least 4 members (excludes halogenated alkanes) is 1. The summed E-state index contributed by atoms with van der Waals surface area (Å²) in [6, 6.07) is 5.36. The summed E-state index contributed by atoms with van der Waals surface area (Å²) >= 11 is 0. The van der Waals surface area contributed by atoms with Crippen molar-refractivity contribution < 1.29 is 9.90 Å². The quantitative estimate of drug-likeness (QED) is 0.849. The summed E-state index contributed by atoms with van der Waals surface area (Å²) in [6.45, 7) is 8.92. The maximum Gasteiger partial charge on any atom is 0.257 e.